The number of furan rings is 1. The number of rotatable bonds is 24. The van der Waals surface area contributed by atoms with Gasteiger partial charge in [0.25, 0.3) is 5.91 Å². The molecule has 4 heterocycles. The van der Waals surface area contributed by atoms with Gasteiger partial charge in [0.1, 0.15) is 47.8 Å². The van der Waals surface area contributed by atoms with E-state index in [4.69, 9.17) is 55.0 Å². The number of aromatic nitrogens is 9. The maximum Gasteiger partial charge on any atom is 0.290 e. The normalized spacial score (nSPS) is 10.9. The van der Waals surface area contributed by atoms with Crippen molar-refractivity contribution in [3.8, 4) is 18.2 Å². The number of carbonyl (C=O) groups is 3. The van der Waals surface area contributed by atoms with Crippen LogP contribution in [0, 0.1) is 57.3 Å². The number of nitrogens with zero attached hydrogens (tertiary/aromatic N) is 15. The lowest BCUT2D eigenvalue weighted by Crippen LogP contribution is -2.33. The molecule has 0 saturated carbocycles. The van der Waals surface area contributed by atoms with Crippen LogP contribution in [0.1, 0.15) is 89.2 Å². The lowest BCUT2D eigenvalue weighted by atomic mass is 10.1. The molecule has 3 amide bonds. The van der Waals surface area contributed by atoms with Gasteiger partial charge < -0.3 is 32.8 Å². The minimum atomic E-state index is -0.759. The number of para-hydroxylation sites is 1. The molecule has 0 spiro atoms. The lowest BCUT2D eigenvalue weighted by molar-refractivity contribution is -0.128. The van der Waals surface area contributed by atoms with Crippen molar-refractivity contribution in [3.05, 3.63) is 365 Å². The van der Waals surface area contributed by atoms with Crippen molar-refractivity contribution >= 4 is 91.6 Å². The van der Waals surface area contributed by atoms with E-state index in [0.29, 0.717) is 104 Å². The number of hydrogen-bond acceptors (Lipinski definition) is 13. The van der Waals surface area contributed by atoms with Crippen LogP contribution in [0.4, 0.5) is 17.6 Å². The molecule has 9 aromatic carbocycles. The first-order chi connectivity index (χ1) is 52.8. The minimum absolute atomic E-state index is 0.0116. The topological polar surface area (TPSA) is 238 Å². The highest BCUT2D eigenvalue weighted by atomic mass is 79.9. The molecule has 0 N–H and O–H groups in total. The van der Waals surface area contributed by atoms with Gasteiger partial charge >= 0.3 is 0 Å². The summed E-state index contributed by atoms with van der Waals surface area (Å²) >= 11 is 21.7. The number of hydrogen-bond donors (Lipinski definition) is 0. The Labute approximate surface area is 646 Å². The molecular formula is C82H61BrCl3F4N15O4. The van der Waals surface area contributed by atoms with Gasteiger partial charge in [0.05, 0.1) is 84.2 Å². The quantitative estimate of drug-likeness (QED) is 0.0404. The summed E-state index contributed by atoms with van der Waals surface area (Å²) in [6.07, 6.45) is 11.2. The van der Waals surface area contributed by atoms with Crippen LogP contribution in [-0.4, -0.2) is 83.3 Å². The van der Waals surface area contributed by atoms with Gasteiger partial charge in [-0.3, -0.25) is 14.4 Å². The molecule has 0 saturated heterocycles. The van der Waals surface area contributed by atoms with E-state index in [1.54, 1.807) is 117 Å². The van der Waals surface area contributed by atoms with Crippen molar-refractivity contribution in [2.45, 2.75) is 58.8 Å². The minimum Gasteiger partial charge on any atom is -0.451 e. The van der Waals surface area contributed by atoms with Gasteiger partial charge in [-0.2, -0.15) is 15.8 Å². The Hall–Kier alpha value is -12.6. The van der Waals surface area contributed by atoms with Gasteiger partial charge in [0.2, 0.25) is 11.8 Å². The van der Waals surface area contributed by atoms with Crippen LogP contribution in [0.15, 0.2) is 246 Å². The predicted molar refractivity (Wildman–Crippen MR) is 407 cm³/mol. The maximum absolute atomic E-state index is 14.4. The van der Waals surface area contributed by atoms with E-state index in [9.17, 15) is 31.9 Å². The average molecular weight is 1580 g/mol. The monoisotopic (exact) mass is 1580 g/mol. The number of halogens is 8. The number of amides is 3. The van der Waals surface area contributed by atoms with E-state index >= 15 is 0 Å². The van der Waals surface area contributed by atoms with Crippen molar-refractivity contribution in [1.29, 1.82) is 15.8 Å². The van der Waals surface area contributed by atoms with Gasteiger partial charge in [-0.15, -0.1) is 30.6 Å². The molecule has 0 radical (unpaired) electrons. The zero-order valence-electron chi connectivity index (χ0n) is 57.6. The lowest BCUT2D eigenvalue weighted by Gasteiger charge is -2.22. The summed E-state index contributed by atoms with van der Waals surface area (Å²) in [5.41, 5.74) is 7.95. The van der Waals surface area contributed by atoms with Crippen LogP contribution >= 0.6 is 50.7 Å². The highest BCUT2D eigenvalue weighted by molar-refractivity contribution is 9.10. The van der Waals surface area contributed by atoms with E-state index in [2.05, 4.69) is 64.7 Å². The second kappa shape index (κ2) is 37.6. The van der Waals surface area contributed by atoms with Gasteiger partial charge in [-0.1, -0.05) is 154 Å². The molecular weight excluding hydrogens is 1520 g/mol. The van der Waals surface area contributed by atoms with E-state index < -0.39 is 35.1 Å². The first kappa shape index (κ1) is 77.5. The molecule has 4 aromatic heterocycles. The summed E-state index contributed by atoms with van der Waals surface area (Å²) in [5.74, 6) is -2.05. The van der Waals surface area contributed by atoms with Crippen LogP contribution in [0.2, 0.25) is 15.1 Å². The molecule has 0 unspecified atom stereocenters. The summed E-state index contributed by atoms with van der Waals surface area (Å²) in [6, 6.07) is 63.7. The Morgan fingerprint density at radius 3 is 1.38 bits per heavy atom. The Kier molecular flexibility index (Phi) is 26.7. The van der Waals surface area contributed by atoms with Gasteiger partial charge in [-0.25, -0.2) is 17.6 Å². The average Bonchev–Trinajstić information content (AvgIpc) is 1.69. The predicted octanol–water partition coefficient (Wildman–Crippen LogP) is 17.0. The number of nitriles is 3. The summed E-state index contributed by atoms with van der Waals surface area (Å²) in [5, 5.41) is 53.8. The van der Waals surface area contributed by atoms with Crippen LogP contribution in [0.3, 0.4) is 0 Å². The fourth-order valence-corrected chi connectivity index (χ4v) is 11.8. The zero-order valence-corrected chi connectivity index (χ0v) is 61.5. The van der Waals surface area contributed by atoms with E-state index in [1.807, 2.05) is 89.5 Å². The Morgan fingerprint density at radius 2 is 0.917 bits per heavy atom. The van der Waals surface area contributed by atoms with Crippen LogP contribution in [0.25, 0.3) is 23.1 Å². The first-order valence-electron chi connectivity index (χ1n) is 33.4. The van der Waals surface area contributed by atoms with Crippen molar-refractivity contribution in [2.75, 3.05) is 6.54 Å². The second-order valence-electron chi connectivity index (χ2n) is 24.5. The van der Waals surface area contributed by atoms with Crippen LogP contribution in [0.5, 0.6) is 0 Å². The van der Waals surface area contributed by atoms with Crippen molar-refractivity contribution in [2.24, 2.45) is 0 Å². The van der Waals surface area contributed by atoms with Crippen LogP contribution in [-0.2, 0) is 68.4 Å². The molecule has 0 aliphatic heterocycles. The van der Waals surface area contributed by atoms with Crippen molar-refractivity contribution in [1.82, 2.24) is 59.0 Å². The van der Waals surface area contributed by atoms with Gasteiger partial charge in [-0.05, 0) is 143 Å². The highest BCUT2D eigenvalue weighted by Gasteiger charge is 2.25. The highest BCUT2D eigenvalue weighted by Crippen LogP contribution is 2.26. The smallest absolute Gasteiger partial charge is 0.290 e. The Bertz CT molecular complexity index is 5530. The molecule has 0 bridgehead atoms. The fraction of sp³-hybridized carbons (Fsp3) is 0.122. The largest absolute Gasteiger partial charge is 0.451 e. The molecule has 544 valence electrons. The van der Waals surface area contributed by atoms with Gasteiger partial charge in [0, 0.05) is 69.9 Å². The third-order valence-corrected chi connectivity index (χ3v) is 18.6. The Balaban J connectivity index is 0.000000162. The van der Waals surface area contributed by atoms with E-state index in [1.165, 1.54) is 46.7 Å². The zero-order chi connectivity index (χ0) is 76.8. The SMILES string of the molecule is N#Cc1ccc(Cn2cnnc2CN(CCc2ccc(Br)cc2)C(=O)c2cc3ccccc3o2)cc1.N#Cc1ccc(Cn2cnnc2CN(Cc2ccc(F)cc2F)C(=O)/C=C/c2ccc(Cl)c(Cl)c2)cc1.N#Cc1ccc(Cn2cnnc2CN(Cc2ccc(F)cc2F)C(=O)/C=C/c2ccccc2Cl)cc1. The summed E-state index contributed by atoms with van der Waals surface area (Å²) in [7, 11) is 0. The molecule has 27 heteroatoms. The maximum atomic E-state index is 14.4. The number of fused-ring (bicyclic) bond motifs is 1. The first-order valence-corrected chi connectivity index (χ1v) is 35.4. The molecule has 0 aliphatic carbocycles. The van der Waals surface area contributed by atoms with Crippen molar-refractivity contribution in [3.63, 3.8) is 0 Å². The van der Waals surface area contributed by atoms with E-state index in [-0.39, 0.29) is 49.8 Å². The summed E-state index contributed by atoms with van der Waals surface area (Å²) in [6.45, 7) is 1.92. The molecule has 0 atom stereocenters. The molecule has 13 rings (SSSR count). The number of carbonyl (C=O) groups excluding carboxylic acids is 3. The standard InChI is InChI=1S/C28H22BrN5O2.C27H19Cl2F2N5O.C27H20ClF2N5O/c29-24-11-9-20(10-12-24)13-14-33(28(35)26-15-23-3-1-2-4-25(23)36-26)18-27-32-31-19-34(27)17-22-7-5-21(16-30)6-8-22;28-23-9-5-18(11-24(23)29)6-10-27(37)35(15-21-7-8-22(30)12-25(21)31)16-26-34-33-17-36(26)14-20-3-1-19(13-32)2-4-20;28-24-4-2-1-3-21(24)10-12-27(36)34(16-22-9-11-23(29)13-25(22)30)17-26-33-32-18-35(26)15-20-7-5-19(14-31)6-8-20/h1-12,15,19H,13-14,17-18H2;1-12,17H,14-16H2;1-13,18H,15-17H2/b;10-6+;12-10+. The summed E-state index contributed by atoms with van der Waals surface area (Å²) in [4.78, 5) is 44.5. The van der Waals surface area contributed by atoms with Crippen molar-refractivity contribution < 1.29 is 36.4 Å². The van der Waals surface area contributed by atoms with Crippen LogP contribution < -0.4 is 0 Å². The number of benzene rings is 9. The third-order valence-electron chi connectivity index (χ3n) is 16.9. The molecule has 19 nitrogen and oxygen atoms in total. The fourth-order valence-electron chi connectivity index (χ4n) is 11.1. The van der Waals surface area contributed by atoms with Gasteiger partial charge in [0.15, 0.2) is 23.2 Å². The second-order valence-corrected chi connectivity index (χ2v) is 26.7. The molecule has 0 aliphatic rings. The third kappa shape index (κ3) is 21.8. The molecule has 0 fully saturated rings. The summed E-state index contributed by atoms with van der Waals surface area (Å²) < 4.78 is 68.0. The van der Waals surface area contributed by atoms with E-state index in [0.717, 1.165) is 56.4 Å². The molecule has 13 aromatic rings. The molecule has 109 heavy (non-hydrogen) atoms. The Morgan fingerprint density at radius 1 is 0.468 bits per heavy atom.